The molecule has 0 aromatic heterocycles. The van der Waals surface area contributed by atoms with Crippen LogP contribution in [0.5, 0.6) is 0 Å². The number of benzene rings is 1. The maximum absolute atomic E-state index is 9.92. The molecule has 0 amide bonds. The maximum atomic E-state index is 9.92. The first kappa shape index (κ1) is 11.6. The molecule has 3 N–H and O–H groups in total. The lowest BCUT2D eigenvalue weighted by Gasteiger charge is -2.19. The monoisotopic (exact) mass is 221 g/mol. The summed E-state index contributed by atoms with van der Waals surface area (Å²) in [7, 11) is 0. The summed E-state index contributed by atoms with van der Waals surface area (Å²) >= 11 is 0. The van der Waals surface area contributed by atoms with Crippen LogP contribution in [0.15, 0.2) is 30.3 Å². The summed E-state index contributed by atoms with van der Waals surface area (Å²) in [6, 6.07) is 9.75. The predicted molar refractivity (Wildman–Crippen MR) is 63.1 cm³/mol. The Hall–Kier alpha value is -0.900. The molecule has 1 aromatic carbocycles. The van der Waals surface area contributed by atoms with Crippen LogP contribution in [0.1, 0.15) is 30.9 Å². The fraction of sp³-hybridized carbons (Fsp3) is 0.538. The lowest BCUT2D eigenvalue weighted by atomic mass is 10.1. The maximum Gasteiger partial charge on any atom is 0.0914 e. The number of nitrogens with one attached hydrogen (secondary N) is 1. The fourth-order valence-electron chi connectivity index (χ4n) is 2.23. The molecule has 0 heterocycles. The standard InChI is InChI=1S/C13H19NO2/c15-12-8-4-7-11(12)14-9-13(16)10-5-2-1-3-6-10/h1-3,5-6,11-16H,4,7-9H2/t11-,12-,13?/m0/s1. The molecule has 1 saturated carbocycles. The van der Waals surface area contributed by atoms with E-state index in [1.807, 2.05) is 30.3 Å². The van der Waals surface area contributed by atoms with Crippen molar-refractivity contribution < 1.29 is 10.2 Å². The van der Waals surface area contributed by atoms with Crippen molar-refractivity contribution in [3.8, 4) is 0 Å². The minimum atomic E-state index is -0.492. The van der Waals surface area contributed by atoms with Gasteiger partial charge in [-0.25, -0.2) is 0 Å². The van der Waals surface area contributed by atoms with Crippen molar-refractivity contribution in [3.05, 3.63) is 35.9 Å². The highest BCUT2D eigenvalue weighted by Crippen LogP contribution is 2.19. The van der Waals surface area contributed by atoms with Crippen LogP contribution >= 0.6 is 0 Å². The molecule has 88 valence electrons. The van der Waals surface area contributed by atoms with Gasteiger partial charge in [0.15, 0.2) is 0 Å². The molecule has 0 spiro atoms. The van der Waals surface area contributed by atoms with Gasteiger partial charge in [-0.1, -0.05) is 30.3 Å². The average Bonchev–Trinajstić information content (AvgIpc) is 2.73. The molecule has 1 aliphatic carbocycles. The van der Waals surface area contributed by atoms with Crippen LogP contribution in [-0.2, 0) is 0 Å². The zero-order valence-corrected chi connectivity index (χ0v) is 9.34. The minimum Gasteiger partial charge on any atom is -0.392 e. The Balaban J connectivity index is 1.82. The van der Waals surface area contributed by atoms with E-state index in [1.165, 1.54) is 0 Å². The molecule has 2 rings (SSSR count). The molecule has 3 nitrogen and oxygen atoms in total. The topological polar surface area (TPSA) is 52.5 Å². The van der Waals surface area contributed by atoms with E-state index in [0.717, 1.165) is 24.8 Å². The van der Waals surface area contributed by atoms with Gasteiger partial charge in [-0.15, -0.1) is 0 Å². The normalized spacial score (nSPS) is 26.9. The summed E-state index contributed by atoms with van der Waals surface area (Å²) in [6.07, 6.45) is 2.21. The van der Waals surface area contributed by atoms with E-state index in [4.69, 9.17) is 0 Å². The van der Waals surface area contributed by atoms with Crippen molar-refractivity contribution in [1.82, 2.24) is 5.32 Å². The Morgan fingerprint density at radius 2 is 2.00 bits per heavy atom. The molecule has 3 heteroatoms. The Morgan fingerprint density at radius 1 is 1.25 bits per heavy atom. The van der Waals surface area contributed by atoms with Gasteiger partial charge in [0.1, 0.15) is 0 Å². The van der Waals surface area contributed by atoms with Gasteiger partial charge in [0.25, 0.3) is 0 Å². The lowest BCUT2D eigenvalue weighted by molar-refractivity contribution is 0.127. The summed E-state index contributed by atoms with van der Waals surface area (Å²) in [6.45, 7) is 0.506. The van der Waals surface area contributed by atoms with E-state index in [1.54, 1.807) is 0 Å². The van der Waals surface area contributed by atoms with E-state index < -0.39 is 6.10 Å². The van der Waals surface area contributed by atoms with Crippen molar-refractivity contribution >= 4 is 0 Å². The summed E-state index contributed by atoms with van der Waals surface area (Å²) in [5, 5.41) is 22.8. The van der Waals surface area contributed by atoms with Gasteiger partial charge in [-0.05, 0) is 24.8 Å². The summed E-state index contributed by atoms with van der Waals surface area (Å²) in [5.74, 6) is 0. The molecule has 1 fully saturated rings. The van der Waals surface area contributed by atoms with Gasteiger partial charge in [0, 0.05) is 12.6 Å². The highest BCUT2D eigenvalue weighted by Gasteiger charge is 2.25. The molecule has 1 aliphatic rings. The van der Waals surface area contributed by atoms with Crippen LogP contribution in [0.4, 0.5) is 0 Å². The van der Waals surface area contributed by atoms with E-state index in [2.05, 4.69) is 5.32 Å². The first-order chi connectivity index (χ1) is 7.77. The largest absolute Gasteiger partial charge is 0.392 e. The van der Waals surface area contributed by atoms with Gasteiger partial charge >= 0.3 is 0 Å². The molecule has 1 aromatic rings. The van der Waals surface area contributed by atoms with Crippen LogP contribution in [0.25, 0.3) is 0 Å². The van der Waals surface area contributed by atoms with Crippen LogP contribution in [0.2, 0.25) is 0 Å². The van der Waals surface area contributed by atoms with E-state index >= 15 is 0 Å². The van der Waals surface area contributed by atoms with Crippen LogP contribution in [-0.4, -0.2) is 28.9 Å². The second-order valence-corrected chi connectivity index (χ2v) is 4.44. The second kappa shape index (κ2) is 5.43. The first-order valence-corrected chi connectivity index (χ1v) is 5.92. The molecular weight excluding hydrogens is 202 g/mol. The Kier molecular flexibility index (Phi) is 3.93. The molecule has 0 saturated heterocycles. The molecular formula is C13H19NO2. The highest BCUT2D eigenvalue weighted by molar-refractivity contribution is 5.17. The minimum absolute atomic E-state index is 0.151. The molecule has 0 bridgehead atoms. The van der Waals surface area contributed by atoms with Crippen LogP contribution in [0, 0.1) is 0 Å². The fourth-order valence-corrected chi connectivity index (χ4v) is 2.23. The molecule has 3 atom stereocenters. The van der Waals surface area contributed by atoms with Crippen molar-refractivity contribution in [2.75, 3.05) is 6.54 Å². The van der Waals surface area contributed by atoms with Crippen molar-refractivity contribution in [1.29, 1.82) is 0 Å². The highest BCUT2D eigenvalue weighted by atomic mass is 16.3. The molecule has 0 aliphatic heterocycles. The Labute approximate surface area is 96.1 Å². The van der Waals surface area contributed by atoms with E-state index in [-0.39, 0.29) is 12.1 Å². The number of hydrogen-bond donors (Lipinski definition) is 3. The third kappa shape index (κ3) is 2.82. The quantitative estimate of drug-likeness (QED) is 0.716. The lowest BCUT2D eigenvalue weighted by Crippen LogP contribution is -2.38. The average molecular weight is 221 g/mol. The van der Waals surface area contributed by atoms with Crippen molar-refractivity contribution in [2.45, 2.75) is 37.5 Å². The Morgan fingerprint density at radius 3 is 2.62 bits per heavy atom. The summed E-state index contributed by atoms with van der Waals surface area (Å²) < 4.78 is 0. The second-order valence-electron chi connectivity index (χ2n) is 4.44. The van der Waals surface area contributed by atoms with Gasteiger partial charge in [0.05, 0.1) is 12.2 Å². The van der Waals surface area contributed by atoms with Gasteiger partial charge < -0.3 is 15.5 Å². The number of hydrogen-bond acceptors (Lipinski definition) is 3. The zero-order valence-electron chi connectivity index (χ0n) is 9.34. The zero-order chi connectivity index (χ0) is 11.4. The predicted octanol–water partition coefficient (Wildman–Crippen LogP) is 1.22. The van der Waals surface area contributed by atoms with Crippen molar-refractivity contribution in [2.24, 2.45) is 0 Å². The van der Waals surface area contributed by atoms with E-state index in [9.17, 15) is 10.2 Å². The van der Waals surface area contributed by atoms with Gasteiger partial charge in [-0.3, -0.25) is 0 Å². The number of rotatable bonds is 4. The van der Waals surface area contributed by atoms with E-state index in [0.29, 0.717) is 6.54 Å². The molecule has 1 unspecified atom stereocenters. The molecule has 16 heavy (non-hydrogen) atoms. The third-order valence-corrected chi connectivity index (χ3v) is 3.24. The smallest absolute Gasteiger partial charge is 0.0914 e. The summed E-state index contributed by atoms with van der Waals surface area (Å²) in [5.41, 5.74) is 0.919. The molecule has 0 radical (unpaired) electrons. The van der Waals surface area contributed by atoms with Crippen molar-refractivity contribution in [3.63, 3.8) is 0 Å². The van der Waals surface area contributed by atoms with Crippen LogP contribution in [0.3, 0.4) is 0 Å². The van der Waals surface area contributed by atoms with Gasteiger partial charge in [-0.2, -0.15) is 0 Å². The third-order valence-electron chi connectivity index (χ3n) is 3.24. The number of aliphatic hydroxyl groups is 2. The number of aliphatic hydroxyl groups excluding tert-OH is 2. The SMILES string of the molecule is OC(CN[C@H]1CCC[C@@H]1O)c1ccccc1. The summed E-state index contributed by atoms with van der Waals surface area (Å²) in [4.78, 5) is 0. The Bertz CT molecular complexity index is 315. The van der Waals surface area contributed by atoms with Gasteiger partial charge in [0.2, 0.25) is 0 Å². The first-order valence-electron chi connectivity index (χ1n) is 5.92. The van der Waals surface area contributed by atoms with Crippen LogP contribution < -0.4 is 5.32 Å².